The molecule has 0 atom stereocenters. The number of nitrogens with two attached hydrogens (primary N) is 1. The Morgan fingerprint density at radius 2 is 2.62 bits per heavy atom. The Morgan fingerprint density at radius 1 is 1.88 bits per heavy atom. The van der Waals surface area contributed by atoms with Crippen molar-refractivity contribution in [1.29, 1.82) is 0 Å². The Labute approximate surface area is 50.9 Å². The second-order valence-corrected chi connectivity index (χ2v) is 2.01. The zero-order chi connectivity index (χ0) is 5.98. The van der Waals surface area contributed by atoms with Crippen LogP contribution in [0.1, 0.15) is 10.4 Å². The van der Waals surface area contributed by atoms with Gasteiger partial charge in [0, 0.05) is 0 Å². The quantitative estimate of drug-likeness (QED) is 0.589. The minimum atomic E-state index is -0.411. The first-order valence-corrected chi connectivity index (χ1v) is 2.93. The molecule has 0 aliphatic rings. The van der Waals surface area contributed by atoms with Crippen molar-refractivity contribution in [2.75, 3.05) is 0 Å². The van der Waals surface area contributed by atoms with Crippen LogP contribution in [0, 0.1) is 5.38 Å². The molecule has 0 fully saturated rings. The summed E-state index contributed by atoms with van der Waals surface area (Å²) in [6.07, 6.45) is 0. The van der Waals surface area contributed by atoms with E-state index >= 15 is 0 Å². The summed E-state index contributed by atoms with van der Waals surface area (Å²) < 4.78 is 0. The van der Waals surface area contributed by atoms with Crippen molar-refractivity contribution >= 4 is 17.2 Å². The van der Waals surface area contributed by atoms with Gasteiger partial charge in [-0.25, -0.2) is 0 Å². The maximum atomic E-state index is 10.3. The molecule has 1 aromatic rings. The minimum absolute atomic E-state index is 0.411. The molecular formula is C5H4NOS. The van der Waals surface area contributed by atoms with Gasteiger partial charge in [-0.15, -0.1) is 11.3 Å². The molecule has 41 valence electrons. The fourth-order valence-corrected chi connectivity index (χ4v) is 0.934. The SMILES string of the molecule is NC(=O)c1[c]scc1. The van der Waals surface area contributed by atoms with Gasteiger partial charge in [0.15, 0.2) is 0 Å². The van der Waals surface area contributed by atoms with Crippen LogP contribution < -0.4 is 5.73 Å². The van der Waals surface area contributed by atoms with E-state index in [4.69, 9.17) is 5.73 Å². The van der Waals surface area contributed by atoms with Crippen LogP contribution >= 0.6 is 11.3 Å². The number of primary amides is 1. The molecule has 0 aliphatic heterocycles. The van der Waals surface area contributed by atoms with Crippen LogP contribution in [-0.2, 0) is 0 Å². The Hall–Kier alpha value is -0.830. The van der Waals surface area contributed by atoms with Crippen LogP contribution in [0.4, 0.5) is 0 Å². The van der Waals surface area contributed by atoms with Crippen LogP contribution in [0.25, 0.3) is 0 Å². The zero-order valence-corrected chi connectivity index (χ0v) is 4.87. The lowest BCUT2D eigenvalue weighted by molar-refractivity contribution is 0.100. The van der Waals surface area contributed by atoms with Crippen molar-refractivity contribution in [3.8, 4) is 0 Å². The third kappa shape index (κ3) is 0.869. The highest BCUT2D eigenvalue weighted by Gasteiger charge is 1.96. The Balaban J connectivity index is 2.93. The van der Waals surface area contributed by atoms with E-state index in [1.54, 1.807) is 11.4 Å². The van der Waals surface area contributed by atoms with Gasteiger partial charge in [-0.2, -0.15) is 0 Å². The number of carbonyl (C=O) groups is 1. The number of rotatable bonds is 1. The third-order valence-electron chi connectivity index (χ3n) is 0.737. The average Bonchev–Trinajstić information content (AvgIpc) is 2.12. The average molecular weight is 126 g/mol. The number of hydrogen-bond donors (Lipinski definition) is 1. The third-order valence-corrected chi connectivity index (χ3v) is 1.35. The van der Waals surface area contributed by atoms with Crippen molar-refractivity contribution in [2.24, 2.45) is 5.73 Å². The fourth-order valence-electron chi connectivity index (χ4n) is 0.366. The first-order chi connectivity index (χ1) is 3.80. The van der Waals surface area contributed by atoms with Gasteiger partial charge >= 0.3 is 0 Å². The molecule has 0 saturated heterocycles. The summed E-state index contributed by atoms with van der Waals surface area (Å²) in [5, 5.41) is 4.47. The van der Waals surface area contributed by atoms with E-state index in [1.165, 1.54) is 11.3 Å². The predicted molar refractivity (Wildman–Crippen MR) is 31.7 cm³/mol. The van der Waals surface area contributed by atoms with Gasteiger partial charge in [0.2, 0.25) is 5.91 Å². The fraction of sp³-hybridized carbons (Fsp3) is 0. The topological polar surface area (TPSA) is 43.1 Å². The summed E-state index contributed by atoms with van der Waals surface area (Å²) in [5.74, 6) is -0.411. The lowest BCUT2D eigenvalue weighted by atomic mass is 10.3. The van der Waals surface area contributed by atoms with E-state index in [0.29, 0.717) is 5.56 Å². The number of amides is 1. The molecule has 8 heavy (non-hydrogen) atoms. The zero-order valence-electron chi connectivity index (χ0n) is 4.05. The van der Waals surface area contributed by atoms with Gasteiger partial charge in [-0.1, -0.05) is 0 Å². The van der Waals surface area contributed by atoms with Gasteiger partial charge in [0.25, 0.3) is 0 Å². The van der Waals surface area contributed by atoms with Crippen molar-refractivity contribution < 1.29 is 4.79 Å². The highest BCUT2D eigenvalue weighted by atomic mass is 32.1. The van der Waals surface area contributed by atoms with E-state index < -0.39 is 5.91 Å². The molecule has 1 amide bonds. The predicted octanol–water partition coefficient (Wildman–Crippen LogP) is 0.647. The Morgan fingerprint density at radius 3 is 2.88 bits per heavy atom. The van der Waals surface area contributed by atoms with Crippen molar-refractivity contribution in [1.82, 2.24) is 0 Å². The highest BCUT2D eigenvalue weighted by Crippen LogP contribution is 2.01. The van der Waals surface area contributed by atoms with Gasteiger partial charge in [0.1, 0.15) is 0 Å². The normalized spacial score (nSPS) is 9.00. The molecule has 3 heteroatoms. The molecule has 0 saturated carbocycles. The monoisotopic (exact) mass is 126 g/mol. The van der Waals surface area contributed by atoms with E-state index in [1.807, 2.05) is 0 Å². The van der Waals surface area contributed by atoms with Crippen LogP contribution in [0.3, 0.4) is 0 Å². The van der Waals surface area contributed by atoms with Gasteiger partial charge in [-0.05, 0) is 11.4 Å². The second kappa shape index (κ2) is 1.96. The molecule has 0 aliphatic carbocycles. The highest BCUT2D eigenvalue weighted by molar-refractivity contribution is 7.07. The first kappa shape index (κ1) is 5.31. The summed E-state index contributed by atoms with van der Waals surface area (Å²) in [6, 6.07) is 1.65. The number of thiophene rings is 1. The smallest absolute Gasteiger partial charge is 0.250 e. The van der Waals surface area contributed by atoms with E-state index in [2.05, 4.69) is 5.38 Å². The molecule has 2 N–H and O–H groups in total. The molecule has 0 spiro atoms. The summed E-state index contributed by atoms with van der Waals surface area (Å²) in [7, 11) is 0. The first-order valence-electron chi connectivity index (χ1n) is 2.05. The number of carbonyl (C=O) groups excluding carboxylic acids is 1. The minimum Gasteiger partial charge on any atom is -0.366 e. The summed E-state index contributed by atoms with van der Waals surface area (Å²) in [4.78, 5) is 10.3. The summed E-state index contributed by atoms with van der Waals surface area (Å²) >= 11 is 1.34. The van der Waals surface area contributed by atoms with Crippen LogP contribution in [0.15, 0.2) is 11.4 Å². The van der Waals surface area contributed by atoms with Crippen molar-refractivity contribution in [3.05, 3.63) is 22.4 Å². The van der Waals surface area contributed by atoms with E-state index in [-0.39, 0.29) is 0 Å². The largest absolute Gasteiger partial charge is 0.366 e. The molecular weight excluding hydrogens is 122 g/mol. The lowest BCUT2D eigenvalue weighted by Crippen LogP contribution is -2.08. The van der Waals surface area contributed by atoms with E-state index in [9.17, 15) is 4.79 Å². The second-order valence-electron chi connectivity index (χ2n) is 1.30. The maximum Gasteiger partial charge on any atom is 0.250 e. The van der Waals surface area contributed by atoms with Crippen LogP contribution in [0.2, 0.25) is 0 Å². The molecule has 2 nitrogen and oxygen atoms in total. The van der Waals surface area contributed by atoms with Gasteiger partial charge < -0.3 is 5.73 Å². The molecule has 1 radical (unpaired) electrons. The van der Waals surface area contributed by atoms with Crippen molar-refractivity contribution in [2.45, 2.75) is 0 Å². The molecule has 1 rings (SSSR count). The van der Waals surface area contributed by atoms with E-state index in [0.717, 1.165) is 0 Å². The Kier molecular flexibility index (Phi) is 1.30. The number of hydrogen-bond acceptors (Lipinski definition) is 2. The lowest BCUT2D eigenvalue weighted by Gasteiger charge is -1.79. The Bertz CT molecular complexity index is 180. The van der Waals surface area contributed by atoms with Crippen molar-refractivity contribution in [3.63, 3.8) is 0 Å². The summed E-state index contributed by atoms with van der Waals surface area (Å²) in [5.41, 5.74) is 5.36. The van der Waals surface area contributed by atoms with Crippen LogP contribution in [0.5, 0.6) is 0 Å². The maximum absolute atomic E-state index is 10.3. The molecule has 0 aromatic carbocycles. The molecule has 1 aromatic heterocycles. The molecule has 0 unspecified atom stereocenters. The molecule has 1 heterocycles. The van der Waals surface area contributed by atoms with Gasteiger partial charge in [-0.3, -0.25) is 4.79 Å². The summed E-state index contributed by atoms with van der Waals surface area (Å²) in [6.45, 7) is 0. The standard InChI is InChI=1S/C5H4NOS/c6-5(7)4-1-2-8-3-4/h1-2H,(H2,6,7). The van der Waals surface area contributed by atoms with Crippen LogP contribution in [-0.4, -0.2) is 5.91 Å². The van der Waals surface area contributed by atoms with Gasteiger partial charge in [0.05, 0.1) is 10.9 Å². The molecule has 0 bridgehead atoms.